The van der Waals surface area contributed by atoms with Gasteiger partial charge in [0.25, 0.3) is 5.91 Å². The number of amides is 2. The Morgan fingerprint density at radius 3 is 2.40 bits per heavy atom. The number of fused-ring (bicyclic) bond motifs is 3. The number of aromatic nitrogens is 1. The van der Waals surface area contributed by atoms with Gasteiger partial charge in [0.1, 0.15) is 6.61 Å². The number of hydrogen-bond acceptors (Lipinski definition) is 6. The number of nitrogens with zero attached hydrogens (tertiary/aromatic N) is 2. The lowest BCUT2D eigenvalue weighted by Gasteiger charge is -2.34. The zero-order valence-corrected chi connectivity index (χ0v) is 19.1. The molecule has 0 bridgehead atoms. The normalized spacial score (nSPS) is 19.1. The van der Waals surface area contributed by atoms with Crippen molar-refractivity contribution in [3.05, 3.63) is 71.4 Å². The van der Waals surface area contributed by atoms with Crippen molar-refractivity contribution in [3.63, 3.8) is 0 Å². The first kappa shape index (κ1) is 22.6. The highest BCUT2D eigenvalue weighted by molar-refractivity contribution is 5.94. The number of benzene rings is 2. The van der Waals surface area contributed by atoms with Crippen molar-refractivity contribution in [1.82, 2.24) is 10.1 Å². The van der Waals surface area contributed by atoms with E-state index in [0.29, 0.717) is 19.5 Å². The van der Waals surface area contributed by atoms with Crippen molar-refractivity contribution in [2.24, 2.45) is 11.8 Å². The summed E-state index contributed by atoms with van der Waals surface area (Å²) in [5.41, 5.74) is 4.53. The van der Waals surface area contributed by atoms with Crippen molar-refractivity contribution in [3.8, 4) is 11.1 Å². The molecule has 9 nitrogen and oxygen atoms in total. The van der Waals surface area contributed by atoms with Crippen molar-refractivity contribution >= 4 is 23.9 Å². The first-order valence-electron chi connectivity index (χ1n) is 11.5. The minimum Gasteiger partial charge on any atom is -0.481 e. The number of carboxylic acid groups (broad SMARTS) is 1. The number of nitrogens with one attached hydrogen (secondary N) is 1. The molecule has 5 rings (SSSR count). The van der Waals surface area contributed by atoms with Crippen LogP contribution in [-0.4, -0.2) is 52.8 Å². The topological polar surface area (TPSA) is 122 Å². The third-order valence-electron chi connectivity index (χ3n) is 6.81. The third-order valence-corrected chi connectivity index (χ3v) is 6.81. The van der Waals surface area contributed by atoms with Crippen LogP contribution in [0.1, 0.15) is 40.9 Å². The van der Waals surface area contributed by atoms with E-state index >= 15 is 0 Å². The summed E-state index contributed by atoms with van der Waals surface area (Å²) in [7, 11) is 0. The van der Waals surface area contributed by atoms with Gasteiger partial charge >= 0.3 is 12.1 Å². The lowest BCUT2D eigenvalue weighted by atomic mass is 9.87. The standard InChI is InChI=1S/C26H25N3O6/c1-15-13-29(11-10-16(15)25(31)32)24(30)22-12-23(35-28-22)27-26(33)34-14-21-19-8-4-2-6-17(19)18-7-3-5-9-20(18)21/h2-9,12,15-16,21H,10-11,13-14H2,1H3,(H,27,33)(H,31,32). The molecule has 0 spiro atoms. The van der Waals surface area contributed by atoms with Crippen LogP contribution in [-0.2, 0) is 9.53 Å². The maximum atomic E-state index is 12.8. The Labute approximate surface area is 201 Å². The third kappa shape index (κ3) is 4.37. The fourth-order valence-corrected chi connectivity index (χ4v) is 5.03. The second-order valence-corrected chi connectivity index (χ2v) is 8.99. The molecule has 0 radical (unpaired) electrons. The number of ether oxygens (including phenoxy) is 1. The molecule has 1 saturated heterocycles. The number of carbonyl (C=O) groups excluding carboxylic acids is 2. The van der Waals surface area contributed by atoms with Gasteiger partial charge in [0.05, 0.1) is 5.92 Å². The molecule has 1 aromatic heterocycles. The van der Waals surface area contributed by atoms with Crippen molar-refractivity contribution in [2.75, 3.05) is 25.0 Å². The molecule has 2 heterocycles. The number of carbonyl (C=O) groups is 3. The monoisotopic (exact) mass is 475 g/mol. The van der Waals surface area contributed by atoms with Crippen LogP contribution in [0.2, 0.25) is 0 Å². The van der Waals surface area contributed by atoms with Gasteiger partial charge in [-0.3, -0.25) is 14.9 Å². The molecule has 2 amide bonds. The number of likely N-dealkylation sites (tertiary alicyclic amines) is 1. The zero-order chi connectivity index (χ0) is 24.5. The quantitative estimate of drug-likeness (QED) is 0.567. The number of carboxylic acids is 1. The number of hydrogen-bond donors (Lipinski definition) is 2. The predicted octanol–water partition coefficient (Wildman–Crippen LogP) is 4.22. The SMILES string of the molecule is CC1CN(C(=O)c2cc(NC(=O)OCC3c4ccccc4-c4ccccc43)on2)CCC1C(=O)O. The maximum Gasteiger partial charge on any atom is 0.414 e. The van der Waals surface area contributed by atoms with Crippen LogP contribution in [0.3, 0.4) is 0 Å². The van der Waals surface area contributed by atoms with Gasteiger partial charge in [0.2, 0.25) is 5.88 Å². The highest BCUT2D eigenvalue weighted by Crippen LogP contribution is 2.44. The summed E-state index contributed by atoms with van der Waals surface area (Å²) in [6, 6.07) is 17.5. The average Bonchev–Trinajstić information content (AvgIpc) is 3.44. The van der Waals surface area contributed by atoms with Gasteiger partial charge < -0.3 is 19.3 Å². The zero-order valence-electron chi connectivity index (χ0n) is 19.1. The van der Waals surface area contributed by atoms with E-state index < -0.39 is 18.0 Å². The van der Waals surface area contributed by atoms with Gasteiger partial charge in [-0.2, -0.15) is 0 Å². The Morgan fingerprint density at radius 2 is 1.77 bits per heavy atom. The molecule has 2 aromatic carbocycles. The molecule has 1 aliphatic carbocycles. The Balaban J connectivity index is 1.19. The van der Waals surface area contributed by atoms with Crippen molar-refractivity contribution < 1.29 is 28.8 Å². The molecule has 1 aliphatic heterocycles. The molecule has 2 N–H and O–H groups in total. The van der Waals surface area contributed by atoms with Crippen LogP contribution in [0, 0.1) is 11.8 Å². The summed E-state index contributed by atoms with van der Waals surface area (Å²) >= 11 is 0. The van der Waals surface area contributed by atoms with Gasteiger partial charge in [-0.15, -0.1) is 0 Å². The Kier molecular flexibility index (Phi) is 5.98. The van der Waals surface area contributed by atoms with Gasteiger partial charge in [0, 0.05) is 25.1 Å². The first-order chi connectivity index (χ1) is 16.9. The first-order valence-corrected chi connectivity index (χ1v) is 11.5. The lowest BCUT2D eigenvalue weighted by molar-refractivity contribution is -0.145. The molecule has 9 heteroatoms. The highest BCUT2D eigenvalue weighted by atomic mass is 16.6. The van der Waals surface area contributed by atoms with E-state index in [0.717, 1.165) is 22.3 Å². The lowest BCUT2D eigenvalue weighted by Crippen LogP contribution is -2.45. The van der Waals surface area contributed by atoms with Crippen LogP contribution >= 0.6 is 0 Å². The Bertz CT molecular complexity index is 1240. The van der Waals surface area contributed by atoms with Crippen LogP contribution < -0.4 is 5.32 Å². The largest absolute Gasteiger partial charge is 0.481 e. The number of anilines is 1. The van der Waals surface area contributed by atoms with Crippen LogP contribution in [0.5, 0.6) is 0 Å². The summed E-state index contributed by atoms with van der Waals surface area (Å²) in [5, 5.41) is 15.5. The van der Waals surface area contributed by atoms with E-state index in [2.05, 4.69) is 22.6 Å². The Hall–Kier alpha value is -4.14. The van der Waals surface area contributed by atoms with Gasteiger partial charge in [0.15, 0.2) is 5.69 Å². The minimum absolute atomic E-state index is 0.000886. The molecule has 2 atom stereocenters. The molecule has 0 saturated carbocycles. The van der Waals surface area contributed by atoms with E-state index in [1.54, 1.807) is 4.90 Å². The summed E-state index contributed by atoms with van der Waals surface area (Å²) in [5.74, 6) is -1.93. The van der Waals surface area contributed by atoms with E-state index in [1.807, 2.05) is 43.3 Å². The van der Waals surface area contributed by atoms with E-state index in [4.69, 9.17) is 9.26 Å². The molecular formula is C26H25N3O6. The molecule has 1 fully saturated rings. The van der Waals surface area contributed by atoms with Gasteiger partial charge in [-0.25, -0.2) is 4.79 Å². The number of rotatable bonds is 5. The molecule has 180 valence electrons. The number of piperidine rings is 1. The fourth-order valence-electron chi connectivity index (χ4n) is 5.03. The van der Waals surface area contributed by atoms with Crippen molar-refractivity contribution in [2.45, 2.75) is 19.3 Å². The average molecular weight is 476 g/mol. The Morgan fingerprint density at radius 1 is 1.11 bits per heavy atom. The molecule has 2 unspecified atom stereocenters. The van der Waals surface area contributed by atoms with E-state index in [1.165, 1.54) is 6.07 Å². The van der Waals surface area contributed by atoms with Gasteiger partial charge in [-0.05, 0) is 34.6 Å². The van der Waals surface area contributed by atoms with Crippen LogP contribution in [0.4, 0.5) is 10.7 Å². The fraction of sp³-hybridized carbons (Fsp3) is 0.308. The summed E-state index contributed by atoms with van der Waals surface area (Å²) in [6.45, 7) is 2.60. The van der Waals surface area contributed by atoms with Crippen LogP contribution in [0.15, 0.2) is 59.1 Å². The summed E-state index contributed by atoms with van der Waals surface area (Å²) in [6.07, 6.45) is -0.330. The molecular weight excluding hydrogens is 450 g/mol. The molecule has 35 heavy (non-hydrogen) atoms. The van der Waals surface area contributed by atoms with Gasteiger partial charge in [-0.1, -0.05) is 60.6 Å². The number of aliphatic carboxylic acids is 1. The summed E-state index contributed by atoms with van der Waals surface area (Å²) in [4.78, 5) is 38.1. The minimum atomic E-state index is -0.847. The second kappa shape index (κ2) is 9.25. The highest BCUT2D eigenvalue weighted by Gasteiger charge is 2.34. The van der Waals surface area contributed by atoms with E-state index in [9.17, 15) is 19.5 Å². The smallest absolute Gasteiger partial charge is 0.414 e. The van der Waals surface area contributed by atoms with Crippen LogP contribution in [0.25, 0.3) is 11.1 Å². The second-order valence-electron chi connectivity index (χ2n) is 8.99. The van der Waals surface area contributed by atoms with Crippen molar-refractivity contribution in [1.29, 1.82) is 0 Å². The summed E-state index contributed by atoms with van der Waals surface area (Å²) < 4.78 is 10.6. The molecule has 3 aromatic rings. The predicted molar refractivity (Wildman–Crippen MR) is 126 cm³/mol. The van der Waals surface area contributed by atoms with E-state index in [-0.39, 0.29) is 35.9 Å². The molecule has 2 aliphatic rings. The maximum absolute atomic E-state index is 12.8.